The molecule has 1 N–H and O–H groups in total. The van der Waals surface area contributed by atoms with E-state index in [-0.39, 0.29) is 5.91 Å². The Morgan fingerprint density at radius 2 is 1.92 bits per heavy atom. The van der Waals surface area contributed by atoms with Crippen molar-refractivity contribution in [1.82, 2.24) is 0 Å². The van der Waals surface area contributed by atoms with Crippen LogP contribution in [-0.4, -0.2) is 17.4 Å². The molecule has 1 atom stereocenters. The molecule has 0 aromatic heterocycles. The highest BCUT2D eigenvalue weighted by Gasteiger charge is 2.06. The fourth-order valence-corrected chi connectivity index (χ4v) is 3.23. The lowest BCUT2D eigenvalue weighted by atomic mass is 10.0. The second-order valence-corrected chi connectivity index (χ2v) is 6.57. The maximum absolute atomic E-state index is 11.9. The SMILES string of the molecule is CC(CSCCC(=O)Nc1ccc(N=[N+]=[N-])cc1)c1ccccc1. The number of amides is 1. The van der Waals surface area contributed by atoms with Crippen molar-refractivity contribution in [3.05, 3.63) is 70.6 Å². The van der Waals surface area contributed by atoms with Gasteiger partial charge in [0.2, 0.25) is 5.91 Å². The van der Waals surface area contributed by atoms with E-state index in [2.05, 4.69) is 46.5 Å². The molecule has 0 fully saturated rings. The molecule has 0 heterocycles. The highest BCUT2D eigenvalue weighted by atomic mass is 32.2. The van der Waals surface area contributed by atoms with Gasteiger partial charge in [0, 0.05) is 28.5 Å². The molecule has 0 saturated carbocycles. The molecule has 0 saturated heterocycles. The third kappa shape index (κ3) is 5.99. The van der Waals surface area contributed by atoms with Crippen LogP contribution in [0.25, 0.3) is 10.4 Å². The number of rotatable bonds is 8. The predicted molar refractivity (Wildman–Crippen MR) is 101 cm³/mol. The minimum Gasteiger partial charge on any atom is -0.326 e. The maximum atomic E-state index is 11.9. The summed E-state index contributed by atoms with van der Waals surface area (Å²) in [5, 5.41) is 6.34. The Hall–Kier alpha value is -2.43. The van der Waals surface area contributed by atoms with Crippen molar-refractivity contribution < 1.29 is 4.79 Å². The zero-order valence-corrected chi connectivity index (χ0v) is 14.4. The van der Waals surface area contributed by atoms with Gasteiger partial charge in [-0.2, -0.15) is 11.8 Å². The zero-order valence-electron chi connectivity index (χ0n) is 13.6. The average molecular weight is 340 g/mol. The van der Waals surface area contributed by atoms with Crippen LogP contribution in [0.1, 0.15) is 24.8 Å². The molecule has 1 unspecified atom stereocenters. The molecule has 0 spiro atoms. The van der Waals surface area contributed by atoms with Crippen molar-refractivity contribution in [3.63, 3.8) is 0 Å². The molecule has 1 amide bonds. The van der Waals surface area contributed by atoms with E-state index in [4.69, 9.17) is 5.53 Å². The summed E-state index contributed by atoms with van der Waals surface area (Å²) in [4.78, 5) is 14.6. The summed E-state index contributed by atoms with van der Waals surface area (Å²) in [6, 6.07) is 17.2. The minimum atomic E-state index is -0.00796. The number of nitrogens with one attached hydrogen (secondary N) is 1. The first kappa shape index (κ1) is 17.9. The van der Waals surface area contributed by atoms with Crippen LogP contribution in [0.15, 0.2) is 59.7 Å². The van der Waals surface area contributed by atoms with Crippen molar-refractivity contribution in [2.24, 2.45) is 5.11 Å². The van der Waals surface area contributed by atoms with Crippen LogP contribution in [-0.2, 0) is 4.79 Å². The van der Waals surface area contributed by atoms with Crippen LogP contribution in [0.3, 0.4) is 0 Å². The lowest BCUT2D eigenvalue weighted by Crippen LogP contribution is -2.12. The third-order valence-corrected chi connectivity index (χ3v) is 4.75. The zero-order chi connectivity index (χ0) is 17.2. The second-order valence-electron chi connectivity index (χ2n) is 5.42. The van der Waals surface area contributed by atoms with Crippen LogP contribution in [0.2, 0.25) is 0 Å². The van der Waals surface area contributed by atoms with Crippen LogP contribution >= 0.6 is 11.8 Å². The highest BCUT2D eigenvalue weighted by Crippen LogP contribution is 2.21. The van der Waals surface area contributed by atoms with Gasteiger partial charge in [0.1, 0.15) is 0 Å². The molecule has 0 bridgehead atoms. The molecule has 2 aromatic carbocycles. The Morgan fingerprint density at radius 3 is 2.58 bits per heavy atom. The molecule has 0 aliphatic rings. The summed E-state index contributed by atoms with van der Waals surface area (Å²) in [6.07, 6.45) is 0.476. The molecular weight excluding hydrogens is 320 g/mol. The van der Waals surface area contributed by atoms with Gasteiger partial charge in [-0.05, 0) is 34.9 Å². The molecular formula is C18H20N4OS. The molecule has 2 rings (SSSR count). The molecule has 24 heavy (non-hydrogen) atoms. The monoisotopic (exact) mass is 340 g/mol. The van der Waals surface area contributed by atoms with E-state index in [1.165, 1.54) is 5.56 Å². The Bertz CT molecular complexity index is 697. The summed E-state index contributed by atoms with van der Waals surface area (Å²) in [6.45, 7) is 2.20. The summed E-state index contributed by atoms with van der Waals surface area (Å²) < 4.78 is 0. The molecule has 2 aromatic rings. The first-order valence-electron chi connectivity index (χ1n) is 7.76. The van der Waals surface area contributed by atoms with Gasteiger partial charge in [0.15, 0.2) is 0 Å². The smallest absolute Gasteiger partial charge is 0.225 e. The van der Waals surface area contributed by atoms with Gasteiger partial charge in [-0.25, -0.2) is 0 Å². The van der Waals surface area contributed by atoms with E-state index in [1.807, 2.05) is 6.07 Å². The Balaban J connectivity index is 1.68. The normalized spacial score (nSPS) is 11.4. The second kappa shape index (κ2) is 9.65. The topological polar surface area (TPSA) is 77.9 Å². The lowest BCUT2D eigenvalue weighted by Gasteiger charge is -2.11. The summed E-state index contributed by atoms with van der Waals surface area (Å²) in [5.74, 6) is 2.26. The molecule has 124 valence electrons. The fourth-order valence-electron chi connectivity index (χ4n) is 2.19. The van der Waals surface area contributed by atoms with Crippen LogP contribution in [0.5, 0.6) is 0 Å². The van der Waals surface area contributed by atoms with Crippen LogP contribution in [0, 0.1) is 0 Å². The van der Waals surface area contributed by atoms with Gasteiger partial charge in [0.05, 0.1) is 0 Å². The number of nitrogens with zero attached hydrogens (tertiary/aromatic N) is 3. The molecule has 0 aliphatic heterocycles. The number of benzene rings is 2. The largest absolute Gasteiger partial charge is 0.326 e. The lowest BCUT2D eigenvalue weighted by molar-refractivity contribution is -0.115. The molecule has 5 nitrogen and oxygen atoms in total. The number of thioether (sulfide) groups is 1. The third-order valence-electron chi connectivity index (χ3n) is 3.52. The van der Waals surface area contributed by atoms with E-state index in [0.717, 1.165) is 11.5 Å². The summed E-state index contributed by atoms with van der Waals surface area (Å²) >= 11 is 1.79. The van der Waals surface area contributed by atoms with E-state index in [0.29, 0.717) is 23.7 Å². The summed E-state index contributed by atoms with van der Waals surface area (Å²) in [7, 11) is 0. The standard InChI is InChI=1S/C18H20N4OS/c1-14(15-5-3-2-4-6-15)13-24-12-11-18(23)20-16-7-9-17(10-8-16)21-22-19/h2-10,14H,11-13H2,1H3,(H,20,23). The molecule has 0 radical (unpaired) electrons. The molecule has 6 heteroatoms. The number of carbonyl (C=O) groups is 1. The quantitative estimate of drug-likeness (QED) is 0.298. The van der Waals surface area contributed by atoms with Crippen molar-refractivity contribution in [2.75, 3.05) is 16.8 Å². The van der Waals surface area contributed by atoms with Crippen LogP contribution in [0.4, 0.5) is 11.4 Å². The highest BCUT2D eigenvalue weighted by molar-refractivity contribution is 7.99. The van der Waals surface area contributed by atoms with Gasteiger partial charge in [-0.15, -0.1) is 0 Å². The predicted octanol–water partition coefficient (Wildman–Crippen LogP) is 5.49. The van der Waals surface area contributed by atoms with E-state index in [9.17, 15) is 4.79 Å². The minimum absolute atomic E-state index is 0.00796. The summed E-state index contributed by atoms with van der Waals surface area (Å²) in [5.41, 5.74) is 10.9. The van der Waals surface area contributed by atoms with E-state index < -0.39 is 0 Å². The Kier molecular flexibility index (Phi) is 7.21. The molecule has 0 aliphatic carbocycles. The van der Waals surface area contributed by atoms with Crippen molar-refractivity contribution >= 4 is 29.0 Å². The van der Waals surface area contributed by atoms with Crippen molar-refractivity contribution in [1.29, 1.82) is 0 Å². The van der Waals surface area contributed by atoms with Gasteiger partial charge in [-0.1, -0.05) is 54.5 Å². The Labute approximate surface area is 146 Å². The van der Waals surface area contributed by atoms with E-state index >= 15 is 0 Å². The van der Waals surface area contributed by atoms with Crippen LogP contribution < -0.4 is 5.32 Å². The number of hydrogen-bond acceptors (Lipinski definition) is 3. The Morgan fingerprint density at radius 1 is 1.21 bits per heavy atom. The van der Waals surface area contributed by atoms with Gasteiger partial charge in [-0.3, -0.25) is 4.79 Å². The van der Waals surface area contributed by atoms with Gasteiger partial charge >= 0.3 is 0 Å². The number of anilines is 1. The number of azide groups is 1. The number of hydrogen-bond donors (Lipinski definition) is 1. The van der Waals surface area contributed by atoms with Crippen molar-refractivity contribution in [3.8, 4) is 0 Å². The average Bonchev–Trinajstić information content (AvgIpc) is 2.61. The maximum Gasteiger partial charge on any atom is 0.225 e. The first-order valence-corrected chi connectivity index (χ1v) is 8.92. The van der Waals surface area contributed by atoms with Crippen molar-refractivity contribution in [2.45, 2.75) is 19.3 Å². The van der Waals surface area contributed by atoms with Gasteiger partial charge < -0.3 is 5.32 Å². The number of carbonyl (C=O) groups excluding carboxylic acids is 1. The fraction of sp³-hybridized carbons (Fsp3) is 0.278. The first-order chi connectivity index (χ1) is 11.7. The van der Waals surface area contributed by atoms with Gasteiger partial charge in [0.25, 0.3) is 0 Å². The van der Waals surface area contributed by atoms with E-state index in [1.54, 1.807) is 36.0 Å².